The summed E-state index contributed by atoms with van der Waals surface area (Å²) in [7, 11) is 1.61. The van der Waals surface area contributed by atoms with Gasteiger partial charge in [0.2, 0.25) is 5.91 Å². The molecule has 0 atom stereocenters. The molecule has 5 nitrogen and oxygen atoms in total. The number of amides is 1. The van der Waals surface area contributed by atoms with E-state index in [1.807, 2.05) is 31.2 Å². The first-order valence-electron chi connectivity index (χ1n) is 8.37. The van der Waals surface area contributed by atoms with Gasteiger partial charge in [0.1, 0.15) is 23.9 Å². The lowest BCUT2D eigenvalue weighted by atomic mass is 10.1. The van der Waals surface area contributed by atoms with E-state index >= 15 is 0 Å². The van der Waals surface area contributed by atoms with E-state index in [0.29, 0.717) is 18.9 Å². The molecular weight excluding hydrogens is 335 g/mol. The number of H-pyrrole nitrogens is 1. The zero-order valence-electron chi connectivity index (χ0n) is 14.8. The summed E-state index contributed by atoms with van der Waals surface area (Å²) in [6, 6.07) is 11.8. The summed E-state index contributed by atoms with van der Waals surface area (Å²) in [5, 5.41) is 3.57. The lowest BCUT2D eigenvalue weighted by molar-refractivity contribution is -0.120. The Morgan fingerprint density at radius 2 is 1.88 bits per heavy atom. The zero-order valence-corrected chi connectivity index (χ0v) is 14.8. The first-order valence-corrected chi connectivity index (χ1v) is 8.37. The van der Waals surface area contributed by atoms with Crippen LogP contribution in [0.3, 0.4) is 0 Å². The fourth-order valence-corrected chi connectivity index (χ4v) is 2.84. The molecule has 2 N–H and O–H groups in total. The van der Waals surface area contributed by atoms with Crippen LogP contribution in [-0.2, 0) is 11.2 Å². The van der Waals surface area contributed by atoms with Gasteiger partial charge in [-0.3, -0.25) is 4.79 Å². The summed E-state index contributed by atoms with van der Waals surface area (Å²) in [6.07, 6.45) is 0.192. The van der Waals surface area contributed by atoms with E-state index in [-0.39, 0.29) is 18.1 Å². The summed E-state index contributed by atoms with van der Waals surface area (Å²) >= 11 is 0. The van der Waals surface area contributed by atoms with Crippen LogP contribution in [0.2, 0.25) is 0 Å². The SMILES string of the molecule is COc1ccc(OCCNC(=O)Cc2c(C)[nH]c3ccc(F)cc23)cc1. The van der Waals surface area contributed by atoms with E-state index in [1.165, 1.54) is 12.1 Å². The van der Waals surface area contributed by atoms with Gasteiger partial charge in [0.15, 0.2) is 0 Å². The van der Waals surface area contributed by atoms with Crippen LogP contribution < -0.4 is 14.8 Å². The summed E-state index contributed by atoms with van der Waals surface area (Å²) in [6.45, 7) is 2.63. The summed E-state index contributed by atoms with van der Waals surface area (Å²) in [5.41, 5.74) is 2.51. The molecule has 0 radical (unpaired) electrons. The molecule has 26 heavy (non-hydrogen) atoms. The highest BCUT2D eigenvalue weighted by Gasteiger charge is 2.13. The second kappa shape index (κ2) is 7.91. The Labute approximate surface area is 151 Å². The molecule has 0 unspecified atom stereocenters. The molecule has 136 valence electrons. The summed E-state index contributed by atoms with van der Waals surface area (Å²) in [4.78, 5) is 15.4. The predicted molar refractivity (Wildman–Crippen MR) is 98.2 cm³/mol. The van der Waals surface area contributed by atoms with Gasteiger partial charge in [-0.05, 0) is 55.0 Å². The standard InChI is InChI=1S/C20H21FN2O3/c1-13-17(18-11-14(21)3-8-19(18)23-13)12-20(24)22-9-10-26-16-6-4-15(25-2)5-7-16/h3-8,11,23H,9-10,12H2,1-2H3,(H,22,24). The highest BCUT2D eigenvalue weighted by molar-refractivity contribution is 5.90. The van der Waals surface area contributed by atoms with Crippen molar-refractivity contribution < 1.29 is 18.7 Å². The lowest BCUT2D eigenvalue weighted by Crippen LogP contribution is -2.29. The van der Waals surface area contributed by atoms with Gasteiger partial charge in [-0.2, -0.15) is 0 Å². The van der Waals surface area contributed by atoms with Crippen LogP contribution in [0, 0.1) is 12.7 Å². The Morgan fingerprint density at radius 1 is 1.15 bits per heavy atom. The summed E-state index contributed by atoms with van der Waals surface area (Å²) < 4.78 is 24.1. The number of nitrogens with one attached hydrogen (secondary N) is 2. The predicted octanol–water partition coefficient (Wildman–Crippen LogP) is 3.36. The molecule has 0 fully saturated rings. The molecule has 6 heteroatoms. The molecule has 0 saturated carbocycles. The van der Waals surface area contributed by atoms with Crippen LogP contribution in [0.15, 0.2) is 42.5 Å². The van der Waals surface area contributed by atoms with Gasteiger partial charge in [0.05, 0.1) is 20.1 Å². The average molecular weight is 356 g/mol. The van der Waals surface area contributed by atoms with Crippen LogP contribution in [0.25, 0.3) is 10.9 Å². The maximum absolute atomic E-state index is 13.5. The van der Waals surface area contributed by atoms with E-state index < -0.39 is 0 Å². The largest absolute Gasteiger partial charge is 0.497 e. The topological polar surface area (TPSA) is 63.4 Å². The van der Waals surface area contributed by atoms with Crippen molar-refractivity contribution in [3.05, 3.63) is 59.5 Å². The number of aromatic amines is 1. The molecule has 0 aliphatic carbocycles. The zero-order chi connectivity index (χ0) is 18.5. The number of hydrogen-bond acceptors (Lipinski definition) is 3. The third-order valence-corrected chi connectivity index (χ3v) is 4.17. The number of ether oxygens (including phenoxy) is 2. The smallest absolute Gasteiger partial charge is 0.224 e. The van der Waals surface area contributed by atoms with E-state index in [2.05, 4.69) is 10.3 Å². The quantitative estimate of drug-likeness (QED) is 0.638. The Kier molecular flexibility index (Phi) is 5.41. The minimum absolute atomic E-state index is 0.128. The highest BCUT2D eigenvalue weighted by Crippen LogP contribution is 2.23. The van der Waals surface area contributed by atoms with E-state index in [1.54, 1.807) is 13.2 Å². The molecular formula is C20H21FN2O3. The van der Waals surface area contributed by atoms with Gasteiger partial charge in [0, 0.05) is 16.6 Å². The van der Waals surface area contributed by atoms with E-state index in [9.17, 15) is 9.18 Å². The van der Waals surface area contributed by atoms with Crippen LogP contribution in [0.5, 0.6) is 11.5 Å². The van der Waals surface area contributed by atoms with Crippen molar-refractivity contribution in [2.24, 2.45) is 0 Å². The Bertz CT molecular complexity index is 903. The monoisotopic (exact) mass is 356 g/mol. The van der Waals surface area contributed by atoms with Gasteiger partial charge < -0.3 is 19.8 Å². The van der Waals surface area contributed by atoms with E-state index in [4.69, 9.17) is 9.47 Å². The molecule has 3 aromatic rings. The maximum Gasteiger partial charge on any atom is 0.224 e. The lowest BCUT2D eigenvalue weighted by Gasteiger charge is -2.08. The second-order valence-electron chi connectivity index (χ2n) is 5.97. The van der Waals surface area contributed by atoms with Crippen molar-refractivity contribution in [1.29, 1.82) is 0 Å². The average Bonchev–Trinajstić information content (AvgIpc) is 2.94. The molecule has 0 bridgehead atoms. The molecule has 0 aliphatic heterocycles. The highest BCUT2D eigenvalue weighted by atomic mass is 19.1. The first kappa shape index (κ1) is 17.8. The van der Waals surface area contributed by atoms with Crippen LogP contribution >= 0.6 is 0 Å². The van der Waals surface area contributed by atoms with Gasteiger partial charge in [-0.25, -0.2) is 4.39 Å². The third-order valence-electron chi connectivity index (χ3n) is 4.17. The molecule has 0 spiro atoms. The Hall–Kier alpha value is -3.02. The number of carbonyl (C=O) groups excluding carboxylic acids is 1. The number of carbonyl (C=O) groups is 1. The van der Waals surface area contributed by atoms with Crippen molar-refractivity contribution in [2.75, 3.05) is 20.3 Å². The summed E-state index contributed by atoms with van der Waals surface area (Å²) in [5.74, 6) is 1.03. The van der Waals surface area contributed by atoms with Crippen molar-refractivity contribution >= 4 is 16.8 Å². The van der Waals surface area contributed by atoms with Crippen molar-refractivity contribution in [1.82, 2.24) is 10.3 Å². The fraction of sp³-hybridized carbons (Fsp3) is 0.250. The number of hydrogen-bond donors (Lipinski definition) is 2. The minimum Gasteiger partial charge on any atom is -0.497 e. The Balaban J connectivity index is 1.51. The van der Waals surface area contributed by atoms with Crippen LogP contribution in [0.1, 0.15) is 11.3 Å². The number of rotatable bonds is 7. The molecule has 1 aromatic heterocycles. The number of aromatic nitrogens is 1. The van der Waals surface area contributed by atoms with Gasteiger partial charge >= 0.3 is 0 Å². The number of aryl methyl sites for hydroxylation is 1. The second-order valence-corrected chi connectivity index (χ2v) is 5.97. The number of methoxy groups -OCH3 is 1. The van der Waals surface area contributed by atoms with Crippen molar-refractivity contribution in [3.63, 3.8) is 0 Å². The molecule has 2 aromatic carbocycles. The van der Waals surface area contributed by atoms with Crippen molar-refractivity contribution in [2.45, 2.75) is 13.3 Å². The maximum atomic E-state index is 13.5. The fourth-order valence-electron chi connectivity index (χ4n) is 2.84. The molecule has 3 rings (SSSR count). The normalized spacial score (nSPS) is 10.7. The third kappa shape index (κ3) is 4.14. The molecule has 0 aliphatic rings. The minimum atomic E-state index is -0.314. The van der Waals surface area contributed by atoms with Crippen molar-refractivity contribution in [3.8, 4) is 11.5 Å². The van der Waals surface area contributed by atoms with Crippen LogP contribution in [0.4, 0.5) is 4.39 Å². The number of benzene rings is 2. The molecule has 1 amide bonds. The molecule has 1 heterocycles. The first-order chi connectivity index (χ1) is 12.6. The van der Waals surface area contributed by atoms with Gasteiger partial charge in [-0.1, -0.05) is 0 Å². The number of fused-ring (bicyclic) bond motifs is 1. The van der Waals surface area contributed by atoms with Gasteiger partial charge in [0.25, 0.3) is 0 Å². The van der Waals surface area contributed by atoms with Crippen LogP contribution in [-0.4, -0.2) is 31.2 Å². The molecule has 0 saturated heterocycles. The number of halogens is 1. The van der Waals surface area contributed by atoms with E-state index in [0.717, 1.165) is 27.9 Å². The Morgan fingerprint density at radius 3 is 2.62 bits per heavy atom. The van der Waals surface area contributed by atoms with Gasteiger partial charge in [-0.15, -0.1) is 0 Å².